The molecular formula is C16H26N4O. The van der Waals surface area contributed by atoms with Gasteiger partial charge in [-0.15, -0.1) is 0 Å². The van der Waals surface area contributed by atoms with Gasteiger partial charge < -0.3 is 15.2 Å². The fraction of sp³-hybridized carbons (Fsp3) is 0.750. The average molecular weight is 290 g/mol. The number of hydrogen-bond acceptors (Lipinski definition) is 4. The van der Waals surface area contributed by atoms with E-state index in [4.69, 9.17) is 4.98 Å². The lowest BCUT2D eigenvalue weighted by Crippen LogP contribution is -2.39. The van der Waals surface area contributed by atoms with Gasteiger partial charge in [-0.1, -0.05) is 13.3 Å². The molecule has 2 fully saturated rings. The first-order valence-electron chi connectivity index (χ1n) is 8.36. The molecule has 5 heteroatoms. The number of unbranched alkanes of at least 4 members (excludes halogenated alkanes) is 1. The molecule has 116 valence electrons. The number of nitrogens with one attached hydrogen (secondary N) is 2. The molecule has 1 atom stereocenters. The molecule has 0 amide bonds. The van der Waals surface area contributed by atoms with Crippen molar-refractivity contribution < 1.29 is 0 Å². The Kier molecular flexibility index (Phi) is 4.58. The monoisotopic (exact) mass is 290 g/mol. The summed E-state index contributed by atoms with van der Waals surface area (Å²) >= 11 is 0. The van der Waals surface area contributed by atoms with Crippen LogP contribution in [0, 0.1) is 0 Å². The lowest BCUT2D eigenvalue weighted by molar-refractivity contribution is 0.568. The van der Waals surface area contributed by atoms with Gasteiger partial charge in [0.15, 0.2) is 0 Å². The van der Waals surface area contributed by atoms with Crippen molar-refractivity contribution in [2.24, 2.45) is 0 Å². The van der Waals surface area contributed by atoms with Gasteiger partial charge in [0.1, 0.15) is 11.6 Å². The van der Waals surface area contributed by atoms with Crippen molar-refractivity contribution in [2.45, 2.75) is 57.4 Å². The highest BCUT2D eigenvalue weighted by atomic mass is 16.1. The van der Waals surface area contributed by atoms with Crippen LogP contribution in [0.4, 0.5) is 5.82 Å². The second kappa shape index (κ2) is 6.60. The second-order valence-electron chi connectivity index (χ2n) is 6.36. The van der Waals surface area contributed by atoms with Gasteiger partial charge in [0.25, 0.3) is 5.56 Å². The summed E-state index contributed by atoms with van der Waals surface area (Å²) in [6.07, 6.45) is 7.09. The van der Waals surface area contributed by atoms with E-state index in [1.165, 1.54) is 12.8 Å². The van der Waals surface area contributed by atoms with E-state index in [0.717, 1.165) is 57.0 Å². The van der Waals surface area contributed by atoms with Crippen molar-refractivity contribution >= 4 is 5.82 Å². The van der Waals surface area contributed by atoms with Crippen molar-refractivity contribution in [3.8, 4) is 0 Å². The summed E-state index contributed by atoms with van der Waals surface area (Å²) in [7, 11) is 0. The maximum atomic E-state index is 11.9. The van der Waals surface area contributed by atoms with E-state index in [9.17, 15) is 4.79 Å². The Morgan fingerprint density at radius 2 is 2.24 bits per heavy atom. The lowest BCUT2D eigenvalue weighted by Gasteiger charge is -2.27. The molecule has 21 heavy (non-hydrogen) atoms. The standard InChI is InChI=1S/C16H26N4O/c1-2-3-9-20(11-13-5-4-8-17-13)14-10-15(21)19-16(18-14)12-6-7-12/h10,12-13,17H,2-9,11H2,1H3,(H,18,19,21). The fourth-order valence-electron chi connectivity index (χ4n) is 3.00. The van der Waals surface area contributed by atoms with E-state index >= 15 is 0 Å². The molecular weight excluding hydrogens is 264 g/mol. The summed E-state index contributed by atoms with van der Waals surface area (Å²) in [5.74, 6) is 2.23. The number of rotatable bonds is 7. The highest BCUT2D eigenvalue weighted by Crippen LogP contribution is 2.37. The van der Waals surface area contributed by atoms with Gasteiger partial charge >= 0.3 is 0 Å². The molecule has 1 saturated carbocycles. The number of aromatic nitrogens is 2. The van der Waals surface area contributed by atoms with Crippen LogP contribution in [0.1, 0.15) is 57.2 Å². The Balaban J connectivity index is 1.78. The Labute approximate surface area is 126 Å². The van der Waals surface area contributed by atoms with E-state index in [1.807, 2.05) is 0 Å². The third kappa shape index (κ3) is 3.84. The summed E-state index contributed by atoms with van der Waals surface area (Å²) in [6, 6.07) is 2.20. The molecule has 1 aromatic heterocycles. The van der Waals surface area contributed by atoms with E-state index < -0.39 is 0 Å². The van der Waals surface area contributed by atoms with Crippen LogP contribution in [0.5, 0.6) is 0 Å². The van der Waals surface area contributed by atoms with Crippen LogP contribution in [0.15, 0.2) is 10.9 Å². The fourth-order valence-corrected chi connectivity index (χ4v) is 3.00. The molecule has 0 bridgehead atoms. The van der Waals surface area contributed by atoms with Gasteiger partial charge in [-0.25, -0.2) is 4.98 Å². The first-order chi connectivity index (χ1) is 10.3. The van der Waals surface area contributed by atoms with E-state index in [2.05, 4.69) is 22.1 Å². The predicted molar refractivity (Wildman–Crippen MR) is 85.0 cm³/mol. The summed E-state index contributed by atoms with van der Waals surface area (Å²) in [5.41, 5.74) is -0.0113. The lowest BCUT2D eigenvalue weighted by atomic mass is 10.2. The quantitative estimate of drug-likeness (QED) is 0.806. The van der Waals surface area contributed by atoms with Crippen LogP contribution in [0.25, 0.3) is 0 Å². The van der Waals surface area contributed by atoms with Crippen molar-refractivity contribution in [2.75, 3.05) is 24.5 Å². The first kappa shape index (κ1) is 14.6. The van der Waals surface area contributed by atoms with Crippen molar-refractivity contribution in [3.63, 3.8) is 0 Å². The molecule has 2 heterocycles. The van der Waals surface area contributed by atoms with Crippen LogP contribution in [0.2, 0.25) is 0 Å². The predicted octanol–water partition coefficient (Wildman–Crippen LogP) is 2.01. The molecule has 1 aliphatic heterocycles. The van der Waals surface area contributed by atoms with Crippen molar-refractivity contribution in [1.82, 2.24) is 15.3 Å². The molecule has 1 aliphatic carbocycles. The van der Waals surface area contributed by atoms with Crippen LogP contribution in [-0.4, -0.2) is 35.6 Å². The van der Waals surface area contributed by atoms with Crippen molar-refractivity contribution in [1.29, 1.82) is 0 Å². The maximum Gasteiger partial charge on any atom is 0.252 e. The van der Waals surface area contributed by atoms with Gasteiger partial charge in [0, 0.05) is 31.1 Å². The van der Waals surface area contributed by atoms with Crippen LogP contribution >= 0.6 is 0 Å². The number of aromatic amines is 1. The Morgan fingerprint density at radius 3 is 2.90 bits per heavy atom. The van der Waals surface area contributed by atoms with Gasteiger partial charge in [0.05, 0.1) is 0 Å². The molecule has 1 unspecified atom stereocenters. The van der Waals surface area contributed by atoms with Gasteiger partial charge in [0.2, 0.25) is 0 Å². The van der Waals surface area contributed by atoms with Crippen LogP contribution in [0.3, 0.4) is 0 Å². The highest BCUT2D eigenvalue weighted by Gasteiger charge is 2.27. The van der Waals surface area contributed by atoms with E-state index in [1.54, 1.807) is 6.07 Å². The minimum absolute atomic E-state index is 0.0113. The highest BCUT2D eigenvalue weighted by molar-refractivity contribution is 5.38. The van der Waals surface area contributed by atoms with E-state index in [-0.39, 0.29) is 5.56 Å². The summed E-state index contributed by atoms with van der Waals surface area (Å²) in [4.78, 5) is 21.9. The Hall–Kier alpha value is -1.36. The van der Waals surface area contributed by atoms with E-state index in [0.29, 0.717) is 12.0 Å². The molecule has 0 spiro atoms. The molecule has 1 aromatic rings. The third-order valence-corrected chi connectivity index (χ3v) is 4.42. The Morgan fingerprint density at radius 1 is 1.38 bits per heavy atom. The number of nitrogens with zero attached hydrogens (tertiary/aromatic N) is 2. The zero-order chi connectivity index (χ0) is 14.7. The second-order valence-corrected chi connectivity index (χ2v) is 6.36. The largest absolute Gasteiger partial charge is 0.355 e. The van der Waals surface area contributed by atoms with Gasteiger partial charge in [-0.3, -0.25) is 4.79 Å². The number of H-pyrrole nitrogens is 1. The summed E-state index contributed by atoms with van der Waals surface area (Å²) in [6.45, 7) is 5.26. The third-order valence-electron chi connectivity index (χ3n) is 4.42. The Bertz CT molecular complexity index is 517. The minimum atomic E-state index is -0.0113. The number of anilines is 1. The smallest absolute Gasteiger partial charge is 0.252 e. The normalized spacial score (nSPS) is 21.7. The zero-order valence-electron chi connectivity index (χ0n) is 12.9. The molecule has 0 aromatic carbocycles. The molecule has 5 nitrogen and oxygen atoms in total. The SMILES string of the molecule is CCCCN(CC1CCCN1)c1cc(=O)[nH]c(C2CC2)n1. The van der Waals surface area contributed by atoms with Gasteiger partial charge in [-0.2, -0.15) is 0 Å². The molecule has 0 radical (unpaired) electrons. The average Bonchev–Trinajstić information content (AvgIpc) is 3.21. The molecule has 1 saturated heterocycles. The van der Waals surface area contributed by atoms with Crippen molar-refractivity contribution in [3.05, 3.63) is 22.2 Å². The summed E-state index contributed by atoms with van der Waals surface area (Å²) in [5, 5.41) is 3.54. The van der Waals surface area contributed by atoms with Gasteiger partial charge in [-0.05, 0) is 38.6 Å². The molecule has 2 aliphatic rings. The number of hydrogen-bond donors (Lipinski definition) is 2. The topological polar surface area (TPSA) is 61.0 Å². The molecule has 2 N–H and O–H groups in total. The first-order valence-corrected chi connectivity index (χ1v) is 8.36. The summed E-state index contributed by atoms with van der Waals surface area (Å²) < 4.78 is 0. The maximum absolute atomic E-state index is 11.9. The minimum Gasteiger partial charge on any atom is -0.355 e. The zero-order valence-corrected chi connectivity index (χ0v) is 12.9. The van der Waals surface area contributed by atoms with Crippen LogP contribution < -0.4 is 15.8 Å². The molecule has 3 rings (SSSR count). The van der Waals surface area contributed by atoms with Crippen LogP contribution in [-0.2, 0) is 0 Å².